The van der Waals surface area contributed by atoms with Gasteiger partial charge in [0.1, 0.15) is 5.75 Å². The summed E-state index contributed by atoms with van der Waals surface area (Å²) in [5.74, 6) is 0.0742. The summed E-state index contributed by atoms with van der Waals surface area (Å²) in [4.78, 5) is 11.7. The van der Waals surface area contributed by atoms with Crippen molar-refractivity contribution >= 4 is 29.5 Å². The van der Waals surface area contributed by atoms with Crippen molar-refractivity contribution in [3.05, 3.63) is 76.8 Å². The third kappa shape index (κ3) is 4.11. The molecule has 3 heteroatoms. The normalized spacial score (nSPS) is 11.2. The first-order valence-corrected chi connectivity index (χ1v) is 6.46. The smallest absolute Gasteiger partial charge is 0.178 e. The summed E-state index contributed by atoms with van der Waals surface area (Å²) in [6, 6.07) is 13.9. The van der Waals surface area contributed by atoms with E-state index in [9.17, 15) is 4.79 Å². The Balaban J connectivity index is 2.02. The minimum atomic E-state index is -0.127. The fourth-order valence-electron chi connectivity index (χ4n) is 1.60. The SMILES string of the molecule is O=C(/C=C/c1ccc(O)cc1)/C=C/c1ccccc1Cl. The first-order valence-electron chi connectivity index (χ1n) is 6.09. The molecule has 0 atom stereocenters. The van der Waals surface area contributed by atoms with Crippen molar-refractivity contribution in [2.45, 2.75) is 0 Å². The highest BCUT2D eigenvalue weighted by atomic mass is 35.5. The molecule has 2 rings (SSSR count). The van der Waals surface area contributed by atoms with Gasteiger partial charge >= 0.3 is 0 Å². The van der Waals surface area contributed by atoms with Crippen molar-refractivity contribution < 1.29 is 9.90 Å². The minimum Gasteiger partial charge on any atom is -0.508 e. The number of aromatic hydroxyl groups is 1. The quantitative estimate of drug-likeness (QED) is 0.848. The number of carbonyl (C=O) groups excluding carboxylic acids is 1. The number of rotatable bonds is 4. The molecule has 0 bridgehead atoms. The van der Waals surface area contributed by atoms with Crippen molar-refractivity contribution in [1.29, 1.82) is 0 Å². The summed E-state index contributed by atoms with van der Waals surface area (Å²) in [5.41, 5.74) is 1.66. The summed E-state index contributed by atoms with van der Waals surface area (Å²) in [7, 11) is 0. The van der Waals surface area contributed by atoms with Crippen LogP contribution in [0.25, 0.3) is 12.2 Å². The van der Waals surface area contributed by atoms with Gasteiger partial charge in [-0.15, -0.1) is 0 Å². The number of hydrogen-bond acceptors (Lipinski definition) is 2. The lowest BCUT2D eigenvalue weighted by atomic mass is 10.1. The Kier molecular flexibility index (Phi) is 4.75. The molecule has 0 aliphatic heterocycles. The lowest BCUT2D eigenvalue weighted by molar-refractivity contribution is -0.110. The van der Waals surface area contributed by atoms with Crippen molar-refractivity contribution in [2.75, 3.05) is 0 Å². The van der Waals surface area contributed by atoms with Crippen molar-refractivity contribution in [2.24, 2.45) is 0 Å². The monoisotopic (exact) mass is 284 g/mol. The first-order chi connectivity index (χ1) is 9.65. The van der Waals surface area contributed by atoms with Crippen LogP contribution >= 0.6 is 11.6 Å². The molecule has 0 heterocycles. The number of phenols is 1. The average molecular weight is 285 g/mol. The number of allylic oxidation sites excluding steroid dienone is 2. The second-order valence-corrected chi connectivity index (χ2v) is 4.59. The Bertz CT molecular complexity index is 655. The van der Waals surface area contributed by atoms with Crippen LogP contribution in [-0.2, 0) is 4.79 Å². The van der Waals surface area contributed by atoms with E-state index in [1.807, 2.05) is 18.2 Å². The van der Waals surface area contributed by atoms with Crippen LogP contribution in [-0.4, -0.2) is 10.9 Å². The van der Waals surface area contributed by atoms with Gasteiger partial charge in [0.05, 0.1) is 0 Å². The topological polar surface area (TPSA) is 37.3 Å². The van der Waals surface area contributed by atoms with E-state index in [-0.39, 0.29) is 11.5 Å². The number of halogens is 1. The van der Waals surface area contributed by atoms with Crippen LogP contribution in [0.15, 0.2) is 60.7 Å². The highest BCUT2D eigenvalue weighted by Crippen LogP contribution is 2.16. The van der Waals surface area contributed by atoms with E-state index >= 15 is 0 Å². The number of hydrogen-bond donors (Lipinski definition) is 1. The second kappa shape index (κ2) is 6.73. The van der Waals surface area contributed by atoms with Gasteiger partial charge in [0.2, 0.25) is 0 Å². The number of carbonyl (C=O) groups is 1. The zero-order chi connectivity index (χ0) is 14.4. The molecule has 0 unspecified atom stereocenters. The lowest BCUT2D eigenvalue weighted by Gasteiger charge is -1.95. The first kappa shape index (κ1) is 14.1. The maximum atomic E-state index is 11.7. The maximum Gasteiger partial charge on any atom is 0.178 e. The zero-order valence-electron chi connectivity index (χ0n) is 10.7. The van der Waals surface area contributed by atoms with Gasteiger partial charge in [-0.2, -0.15) is 0 Å². The average Bonchev–Trinajstić information content (AvgIpc) is 2.46. The number of benzene rings is 2. The Morgan fingerprint density at radius 2 is 1.60 bits per heavy atom. The Morgan fingerprint density at radius 1 is 0.950 bits per heavy atom. The van der Waals surface area contributed by atoms with Crippen LogP contribution in [0.2, 0.25) is 5.02 Å². The summed E-state index contributed by atoms with van der Waals surface area (Å²) < 4.78 is 0. The Morgan fingerprint density at radius 3 is 2.30 bits per heavy atom. The van der Waals surface area contributed by atoms with Crippen molar-refractivity contribution in [3.63, 3.8) is 0 Å². The molecule has 20 heavy (non-hydrogen) atoms. The highest BCUT2D eigenvalue weighted by molar-refractivity contribution is 6.32. The predicted octanol–water partition coefficient (Wildman–Crippen LogP) is 4.34. The molecule has 0 aliphatic carbocycles. The molecule has 0 amide bonds. The molecule has 1 N–H and O–H groups in total. The van der Waals surface area contributed by atoms with Gasteiger partial charge in [-0.1, -0.05) is 48.0 Å². The van der Waals surface area contributed by atoms with Crippen LogP contribution < -0.4 is 0 Å². The molecule has 0 saturated carbocycles. The van der Waals surface area contributed by atoms with E-state index in [1.54, 1.807) is 42.5 Å². The van der Waals surface area contributed by atoms with E-state index in [2.05, 4.69) is 0 Å². The molecule has 0 aliphatic rings. The van der Waals surface area contributed by atoms with Crippen LogP contribution in [0.3, 0.4) is 0 Å². The summed E-state index contributed by atoms with van der Waals surface area (Å²) in [6.07, 6.45) is 6.32. The fourth-order valence-corrected chi connectivity index (χ4v) is 1.80. The van der Waals surface area contributed by atoms with Gasteiger partial charge < -0.3 is 5.11 Å². The molecular formula is C17H13ClO2. The molecule has 2 nitrogen and oxygen atoms in total. The van der Waals surface area contributed by atoms with Crippen molar-refractivity contribution in [1.82, 2.24) is 0 Å². The molecule has 0 saturated heterocycles. The summed E-state index contributed by atoms with van der Waals surface area (Å²) >= 11 is 5.99. The van der Waals surface area contributed by atoms with Gasteiger partial charge in [0.15, 0.2) is 5.78 Å². The lowest BCUT2D eigenvalue weighted by Crippen LogP contribution is -1.85. The molecule has 2 aromatic carbocycles. The summed E-state index contributed by atoms with van der Waals surface area (Å²) in [6.45, 7) is 0. The van der Waals surface area contributed by atoms with Gasteiger partial charge in [-0.05, 0) is 47.6 Å². The summed E-state index contributed by atoms with van der Waals surface area (Å²) in [5, 5.41) is 9.77. The van der Waals surface area contributed by atoms with Gasteiger partial charge in [0.25, 0.3) is 0 Å². The van der Waals surface area contributed by atoms with Gasteiger partial charge in [-0.3, -0.25) is 4.79 Å². The molecular weight excluding hydrogens is 272 g/mol. The fraction of sp³-hybridized carbons (Fsp3) is 0. The van der Waals surface area contributed by atoms with Gasteiger partial charge in [-0.25, -0.2) is 0 Å². The molecule has 100 valence electrons. The van der Waals surface area contributed by atoms with Crippen LogP contribution in [0.5, 0.6) is 5.75 Å². The Hall–Kier alpha value is -2.32. The molecule has 0 radical (unpaired) electrons. The van der Waals surface area contributed by atoms with Crippen LogP contribution in [0.1, 0.15) is 11.1 Å². The molecule has 2 aromatic rings. The van der Waals surface area contributed by atoms with E-state index in [0.717, 1.165) is 11.1 Å². The van der Waals surface area contributed by atoms with Crippen LogP contribution in [0.4, 0.5) is 0 Å². The standard InChI is InChI=1S/C17H13ClO2/c18-17-4-2-1-3-14(17)8-12-16(20)11-7-13-5-9-15(19)10-6-13/h1-12,19H/b11-7+,12-8+. The van der Waals surface area contributed by atoms with E-state index in [4.69, 9.17) is 16.7 Å². The molecule has 0 spiro atoms. The van der Waals surface area contributed by atoms with Crippen molar-refractivity contribution in [3.8, 4) is 5.75 Å². The number of ketones is 1. The second-order valence-electron chi connectivity index (χ2n) is 4.18. The molecule has 0 fully saturated rings. The highest BCUT2D eigenvalue weighted by Gasteiger charge is 1.95. The third-order valence-corrected chi connectivity index (χ3v) is 3.01. The minimum absolute atomic E-state index is 0.127. The number of phenolic OH excluding ortho intramolecular Hbond substituents is 1. The van der Waals surface area contributed by atoms with Gasteiger partial charge in [0, 0.05) is 5.02 Å². The van der Waals surface area contributed by atoms with E-state index in [1.165, 1.54) is 12.2 Å². The molecule has 0 aromatic heterocycles. The third-order valence-electron chi connectivity index (χ3n) is 2.67. The van der Waals surface area contributed by atoms with Crippen LogP contribution in [0, 0.1) is 0 Å². The van der Waals surface area contributed by atoms with E-state index < -0.39 is 0 Å². The van der Waals surface area contributed by atoms with E-state index in [0.29, 0.717) is 5.02 Å². The Labute approximate surface area is 122 Å². The zero-order valence-corrected chi connectivity index (χ0v) is 11.4. The maximum absolute atomic E-state index is 11.7. The predicted molar refractivity (Wildman–Crippen MR) is 82.6 cm³/mol. The largest absolute Gasteiger partial charge is 0.508 e.